The van der Waals surface area contributed by atoms with E-state index in [1.807, 2.05) is 12.1 Å². The quantitative estimate of drug-likeness (QED) is 0.496. The first kappa shape index (κ1) is 6.44. The minimum absolute atomic E-state index is 0. The van der Waals surface area contributed by atoms with E-state index in [-0.39, 0.29) is 12.4 Å². The normalized spacial score (nSPS) is 6.86. The second kappa shape index (κ2) is 3.62. The number of aromatic nitrogens is 1. The molecule has 1 nitrogen and oxygen atoms in total. The summed E-state index contributed by atoms with van der Waals surface area (Å²) in [7, 11) is 0. The van der Waals surface area contributed by atoms with Crippen molar-refractivity contribution >= 4 is 12.4 Å². The molecule has 0 aliphatic heterocycles. The molecule has 2 heteroatoms. The highest BCUT2D eigenvalue weighted by Crippen LogP contribution is 1.72. The lowest BCUT2D eigenvalue weighted by atomic mass is 10.5. The van der Waals surface area contributed by atoms with Crippen LogP contribution in [0.2, 0.25) is 0 Å². The largest absolute Gasteiger partial charge is 0.264 e. The zero-order chi connectivity index (χ0) is 4.24. The Morgan fingerprint density at radius 1 is 1.43 bits per heavy atom. The maximum Gasteiger partial charge on any atom is 0.0346 e. The highest BCUT2D eigenvalue weighted by molar-refractivity contribution is 5.85. The summed E-state index contributed by atoms with van der Waals surface area (Å²) >= 11 is 0. The summed E-state index contributed by atoms with van der Waals surface area (Å²) < 4.78 is 0. The van der Waals surface area contributed by atoms with Crippen LogP contribution in [0.3, 0.4) is 0 Å². The number of nitrogens with zero attached hydrogens (tertiary/aromatic N) is 1. The summed E-state index contributed by atoms with van der Waals surface area (Å²) in [5, 5.41) is 0. The van der Waals surface area contributed by atoms with E-state index in [0.29, 0.717) is 0 Å². The molecule has 1 radical (unpaired) electrons. The highest BCUT2D eigenvalue weighted by Gasteiger charge is 1.59. The van der Waals surface area contributed by atoms with Gasteiger partial charge in [-0.2, -0.15) is 0 Å². The minimum Gasteiger partial charge on any atom is -0.264 e. The van der Waals surface area contributed by atoms with Crippen molar-refractivity contribution in [3.05, 3.63) is 30.6 Å². The number of rotatable bonds is 0. The molecule has 0 spiro atoms. The van der Waals surface area contributed by atoms with Gasteiger partial charge in [-0.1, -0.05) is 6.07 Å². The second-order valence-corrected chi connectivity index (χ2v) is 0.953. The van der Waals surface area contributed by atoms with Gasteiger partial charge >= 0.3 is 0 Å². The van der Waals surface area contributed by atoms with Gasteiger partial charge in [-0.3, -0.25) is 4.98 Å². The molecule has 0 saturated heterocycles. The van der Waals surface area contributed by atoms with E-state index in [4.69, 9.17) is 0 Å². The van der Waals surface area contributed by atoms with Gasteiger partial charge in [0.05, 0.1) is 0 Å². The SMILES string of the molecule is Cl.[c]1cccnc1. The van der Waals surface area contributed by atoms with Crippen molar-refractivity contribution in [2.75, 3.05) is 0 Å². The Morgan fingerprint density at radius 2 is 2.29 bits per heavy atom. The molecule has 0 aromatic carbocycles. The van der Waals surface area contributed by atoms with E-state index in [9.17, 15) is 0 Å². The van der Waals surface area contributed by atoms with Gasteiger partial charge in [0.1, 0.15) is 0 Å². The predicted octanol–water partition coefficient (Wildman–Crippen LogP) is 1.30. The van der Waals surface area contributed by atoms with Gasteiger partial charge in [-0.25, -0.2) is 0 Å². The summed E-state index contributed by atoms with van der Waals surface area (Å²) in [4.78, 5) is 3.73. The molecular formula is C5H5ClN. The fraction of sp³-hybridized carbons (Fsp3) is 0. The molecular weight excluding hydrogens is 110 g/mol. The Hall–Kier alpha value is -0.560. The molecule has 0 saturated carbocycles. The smallest absolute Gasteiger partial charge is 0.0346 e. The van der Waals surface area contributed by atoms with Gasteiger partial charge in [0.15, 0.2) is 0 Å². The van der Waals surface area contributed by atoms with Crippen LogP contribution in [0, 0.1) is 6.07 Å². The van der Waals surface area contributed by atoms with Crippen LogP contribution in [-0.4, -0.2) is 4.98 Å². The van der Waals surface area contributed by atoms with Crippen LogP contribution in [0.25, 0.3) is 0 Å². The van der Waals surface area contributed by atoms with Crippen molar-refractivity contribution in [1.82, 2.24) is 4.98 Å². The standard InChI is InChI=1S/C5H4N.ClH/c1-2-4-6-5-3-1;/h1-2,4-5H;1H. The van der Waals surface area contributed by atoms with Crippen LogP contribution < -0.4 is 0 Å². The van der Waals surface area contributed by atoms with Crippen molar-refractivity contribution in [3.8, 4) is 0 Å². The van der Waals surface area contributed by atoms with E-state index in [0.717, 1.165) is 0 Å². The molecule has 0 N–H and O–H groups in total. The third-order valence-corrected chi connectivity index (χ3v) is 0.514. The highest BCUT2D eigenvalue weighted by atomic mass is 35.5. The zero-order valence-electron chi connectivity index (χ0n) is 3.66. The molecule has 1 aromatic rings. The van der Waals surface area contributed by atoms with Crippen LogP contribution in [-0.2, 0) is 0 Å². The molecule has 0 aliphatic carbocycles. The Kier molecular flexibility index (Phi) is 3.33. The molecule has 0 fully saturated rings. The fourth-order valence-corrected chi connectivity index (χ4v) is 0.277. The molecule has 0 atom stereocenters. The van der Waals surface area contributed by atoms with Crippen LogP contribution in [0.5, 0.6) is 0 Å². The molecule has 0 aliphatic rings. The van der Waals surface area contributed by atoms with E-state index in [2.05, 4.69) is 11.1 Å². The van der Waals surface area contributed by atoms with Gasteiger partial charge in [0.25, 0.3) is 0 Å². The molecule has 0 unspecified atom stereocenters. The van der Waals surface area contributed by atoms with Gasteiger partial charge in [-0.05, 0) is 6.07 Å². The number of hydrogen-bond donors (Lipinski definition) is 0. The molecule has 1 aromatic heterocycles. The first-order chi connectivity index (χ1) is 3.00. The Balaban J connectivity index is 0.000000360. The third kappa shape index (κ3) is 2.18. The zero-order valence-corrected chi connectivity index (χ0v) is 4.48. The van der Waals surface area contributed by atoms with Gasteiger partial charge in [0.2, 0.25) is 0 Å². The summed E-state index contributed by atoms with van der Waals surface area (Å²) in [6.45, 7) is 0. The summed E-state index contributed by atoms with van der Waals surface area (Å²) in [6, 6.07) is 6.43. The lowest BCUT2D eigenvalue weighted by Gasteiger charge is -1.69. The summed E-state index contributed by atoms with van der Waals surface area (Å²) in [5.41, 5.74) is 0. The van der Waals surface area contributed by atoms with E-state index in [1.54, 1.807) is 12.4 Å². The topological polar surface area (TPSA) is 12.9 Å². The van der Waals surface area contributed by atoms with Crippen molar-refractivity contribution in [1.29, 1.82) is 0 Å². The lowest BCUT2D eigenvalue weighted by molar-refractivity contribution is 1.32. The predicted molar refractivity (Wildman–Crippen MR) is 30.3 cm³/mol. The Morgan fingerprint density at radius 3 is 2.43 bits per heavy atom. The van der Waals surface area contributed by atoms with Crippen molar-refractivity contribution in [2.45, 2.75) is 0 Å². The van der Waals surface area contributed by atoms with Gasteiger partial charge in [0, 0.05) is 18.5 Å². The van der Waals surface area contributed by atoms with Gasteiger partial charge < -0.3 is 0 Å². The van der Waals surface area contributed by atoms with E-state index >= 15 is 0 Å². The van der Waals surface area contributed by atoms with Gasteiger partial charge in [-0.15, -0.1) is 12.4 Å². The van der Waals surface area contributed by atoms with Crippen molar-refractivity contribution < 1.29 is 0 Å². The first-order valence-electron chi connectivity index (χ1n) is 1.76. The lowest BCUT2D eigenvalue weighted by Crippen LogP contribution is -1.59. The summed E-state index contributed by atoms with van der Waals surface area (Å²) in [6.07, 6.45) is 3.34. The monoisotopic (exact) mass is 114 g/mol. The number of pyridine rings is 1. The maximum absolute atomic E-state index is 3.73. The molecule has 7 heavy (non-hydrogen) atoms. The molecule has 1 rings (SSSR count). The second-order valence-electron chi connectivity index (χ2n) is 0.953. The molecule has 0 bridgehead atoms. The Bertz CT molecular complexity index is 80.0. The number of hydrogen-bond acceptors (Lipinski definition) is 1. The minimum atomic E-state index is 0. The van der Waals surface area contributed by atoms with Crippen LogP contribution in [0.1, 0.15) is 0 Å². The fourth-order valence-electron chi connectivity index (χ4n) is 0.277. The van der Waals surface area contributed by atoms with E-state index < -0.39 is 0 Å². The van der Waals surface area contributed by atoms with E-state index in [1.165, 1.54) is 0 Å². The first-order valence-corrected chi connectivity index (χ1v) is 1.76. The Labute approximate surface area is 48.8 Å². The number of halogens is 1. The maximum atomic E-state index is 3.73. The van der Waals surface area contributed by atoms with Crippen molar-refractivity contribution in [3.63, 3.8) is 0 Å². The third-order valence-electron chi connectivity index (χ3n) is 0.514. The average molecular weight is 115 g/mol. The van der Waals surface area contributed by atoms with Crippen molar-refractivity contribution in [2.24, 2.45) is 0 Å². The average Bonchev–Trinajstić information content (AvgIpc) is 1.72. The molecule has 1 heterocycles. The van der Waals surface area contributed by atoms with Crippen LogP contribution in [0.15, 0.2) is 24.5 Å². The molecule has 0 amide bonds. The summed E-state index contributed by atoms with van der Waals surface area (Å²) in [5.74, 6) is 0. The van der Waals surface area contributed by atoms with Crippen LogP contribution in [0.4, 0.5) is 0 Å². The van der Waals surface area contributed by atoms with Crippen LogP contribution >= 0.6 is 12.4 Å². The molecule has 37 valence electrons.